The smallest absolute Gasteiger partial charge is 0.308 e. The highest BCUT2D eigenvalue weighted by atomic mass is 16.5. The Morgan fingerprint density at radius 2 is 2.00 bits per heavy atom. The molecular formula is C20H27NO2. The lowest BCUT2D eigenvalue weighted by Crippen LogP contribution is -2.48. The van der Waals surface area contributed by atoms with Gasteiger partial charge in [0.05, 0.1) is 5.92 Å². The topological polar surface area (TPSA) is 38.3 Å². The van der Waals surface area contributed by atoms with Crippen LogP contribution >= 0.6 is 0 Å². The lowest BCUT2D eigenvalue weighted by atomic mass is 9.89. The third kappa shape index (κ3) is 5.36. The van der Waals surface area contributed by atoms with E-state index in [-0.39, 0.29) is 30.0 Å². The molecule has 0 unspecified atom stereocenters. The summed E-state index contributed by atoms with van der Waals surface area (Å²) in [5.41, 5.74) is 1.19. The molecule has 1 aliphatic rings. The van der Waals surface area contributed by atoms with Crippen LogP contribution in [0.25, 0.3) is 6.08 Å². The van der Waals surface area contributed by atoms with E-state index in [0.29, 0.717) is 0 Å². The third-order valence-electron chi connectivity index (χ3n) is 4.22. The van der Waals surface area contributed by atoms with Crippen molar-refractivity contribution < 1.29 is 9.53 Å². The molecule has 1 aromatic rings. The number of nitrogens with one attached hydrogen (secondary N) is 1. The van der Waals surface area contributed by atoms with Crippen molar-refractivity contribution in [2.45, 2.75) is 39.3 Å². The largest absolute Gasteiger partial charge is 0.462 e. The molecule has 0 radical (unpaired) electrons. The van der Waals surface area contributed by atoms with Crippen LogP contribution in [-0.4, -0.2) is 24.7 Å². The second-order valence-electron chi connectivity index (χ2n) is 6.41. The Morgan fingerprint density at radius 3 is 2.70 bits per heavy atom. The molecule has 124 valence electrons. The Morgan fingerprint density at radius 1 is 1.26 bits per heavy atom. The molecule has 1 N–H and O–H groups in total. The number of rotatable bonds is 5. The molecule has 1 aromatic carbocycles. The van der Waals surface area contributed by atoms with Crippen molar-refractivity contribution >= 4 is 12.0 Å². The Bertz CT molecular complexity index is 548. The van der Waals surface area contributed by atoms with Crippen LogP contribution in [0.2, 0.25) is 0 Å². The number of carbonyl (C=O) groups excluding carboxylic acids is 1. The lowest BCUT2D eigenvalue weighted by molar-refractivity contribution is -0.157. The molecule has 3 heteroatoms. The van der Waals surface area contributed by atoms with Crippen LogP contribution in [0.4, 0.5) is 0 Å². The quantitative estimate of drug-likeness (QED) is 0.663. The monoisotopic (exact) mass is 313 g/mol. The number of carbonyl (C=O) groups is 1. The van der Waals surface area contributed by atoms with Crippen LogP contribution < -0.4 is 5.32 Å². The Kier molecular flexibility index (Phi) is 6.60. The van der Waals surface area contributed by atoms with Gasteiger partial charge in [-0.3, -0.25) is 4.79 Å². The minimum absolute atomic E-state index is 0.00102. The van der Waals surface area contributed by atoms with Gasteiger partial charge >= 0.3 is 5.97 Å². The van der Waals surface area contributed by atoms with E-state index in [2.05, 4.69) is 42.6 Å². The molecule has 0 aliphatic carbocycles. The summed E-state index contributed by atoms with van der Waals surface area (Å²) in [7, 11) is 0. The molecule has 1 aliphatic heterocycles. The molecule has 0 aromatic heterocycles. The second-order valence-corrected chi connectivity index (χ2v) is 6.41. The zero-order valence-electron chi connectivity index (χ0n) is 14.2. The maximum absolute atomic E-state index is 11.8. The summed E-state index contributed by atoms with van der Waals surface area (Å²) in [6.45, 7) is 6.76. The van der Waals surface area contributed by atoms with Crippen LogP contribution in [0.5, 0.6) is 0 Å². The summed E-state index contributed by atoms with van der Waals surface area (Å²) in [4.78, 5) is 11.8. The van der Waals surface area contributed by atoms with E-state index in [1.54, 1.807) is 0 Å². The molecule has 3 atom stereocenters. The summed E-state index contributed by atoms with van der Waals surface area (Å²) in [5, 5.41) is 3.49. The Labute approximate surface area is 139 Å². The van der Waals surface area contributed by atoms with Crippen molar-refractivity contribution in [2.75, 3.05) is 6.54 Å². The van der Waals surface area contributed by atoms with Gasteiger partial charge in [0.15, 0.2) is 0 Å². The summed E-state index contributed by atoms with van der Waals surface area (Å²) in [5.74, 6) is 0.100. The van der Waals surface area contributed by atoms with Crippen LogP contribution in [0.15, 0.2) is 48.6 Å². The van der Waals surface area contributed by atoms with E-state index in [4.69, 9.17) is 4.74 Å². The minimum Gasteiger partial charge on any atom is -0.462 e. The highest BCUT2D eigenvalue weighted by Crippen LogP contribution is 2.22. The highest BCUT2D eigenvalue weighted by Gasteiger charge is 2.31. The van der Waals surface area contributed by atoms with Gasteiger partial charge in [-0.25, -0.2) is 0 Å². The van der Waals surface area contributed by atoms with Gasteiger partial charge in [0.1, 0.15) is 6.10 Å². The van der Waals surface area contributed by atoms with E-state index in [9.17, 15) is 4.79 Å². The van der Waals surface area contributed by atoms with Crippen molar-refractivity contribution in [1.29, 1.82) is 0 Å². The number of piperidine rings is 1. The molecule has 0 amide bonds. The first-order chi connectivity index (χ1) is 11.1. The standard InChI is InChI=1S/C20H27NO2/c1-15(2)20(22)23-19-13-14-21-18(16(19)3)12-8-7-11-17-9-5-4-6-10-17/h4-12,15-16,18-19,21H,13-14H2,1-3H3/b11-7+,12-8+/t16-,18-,19+/m1/s1. The van der Waals surface area contributed by atoms with Gasteiger partial charge in [-0.1, -0.05) is 75.4 Å². The third-order valence-corrected chi connectivity index (χ3v) is 4.22. The Balaban J connectivity index is 1.90. The minimum atomic E-state index is -0.101. The van der Waals surface area contributed by atoms with Crippen molar-refractivity contribution in [3.8, 4) is 0 Å². The summed E-state index contributed by atoms with van der Waals surface area (Å²) in [6.07, 6.45) is 9.23. The van der Waals surface area contributed by atoms with Crippen LogP contribution in [0.3, 0.4) is 0 Å². The van der Waals surface area contributed by atoms with E-state index >= 15 is 0 Å². The fraction of sp³-hybridized carbons (Fsp3) is 0.450. The molecule has 2 rings (SSSR count). The maximum Gasteiger partial charge on any atom is 0.308 e. The molecule has 1 heterocycles. The van der Waals surface area contributed by atoms with Gasteiger partial charge in [-0.05, 0) is 18.5 Å². The molecule has 1 saturated heterocycles. The highest BCUT2D eigenvalue weighted by molar-refractivity contribution is 5.71. The SMILES string of the molecule is CC(C)C(=O)O[C@H]1CCN[C@H](/C=C/C=C/c2ccccc2)[C@H]1C. The maximum atomic E-state index is 11.8. The van der Waals surface area contributed by atoms with Gasteiger partial charge in [0, 0.05) is 12.0 Å². The first-order valence-electron chi connectivity index (χ1n) is 8.41. The summed E-state index contributed by atoms with van der Waals surface area (Å²) >= 11 is 0. The average Bonchev–Trinajstić information content (AvgIpc) is 2.55. The van der Waals surface area contributed by atoms with E-state index < -0.39 is 0 Å². The number of hydrogen-bond acceptors (Lipinski definition) is 3. The van der Waals surface area contributed by atoms with Crippen molar-refractivity contribution in [2.24, 2.45) is 11.8 Å². The number of ether oxygens (including phenoxy) is 1. The molecule has 0 bridgehead atoms. The van der Waals surface area contributed by atoms with Gasteiger partial charge in [0.25, 0.3) is 0 Å². The van der Waals surface area contributed by atoms with E-state index in [1.165, 1.54) is 5.56 Å². The first kappa shape index (κ1) is 17.5. The van der Waals surface area contributed by atoms with Gasteiger partial charge in [-0.15, -0.1) is 0 Å². The second kappa shape index (κ2) is 8.68. The number of allylic oxidation sites excluding steroid dienone is 2. The fourth-order valence-corrected chi connectivity index (χ4v) is 2.68. The van der Waals surface area contributed by atoms with Crippen molar-refractivity contribution in [1.82, 2.24) is 5.32 Å². The molecule has 0 saturated carbocycles. The Hall–Kier alpha value is -1.87. The van der Waals surface area contributed by atoms with Gasteiger partial charge in [0.2, 0.25) is 0 Å². The first-order valence-corrected chi connectivity index (χ1v) is 8.41. The molecule has 23 heavy (non-hydrogen) atoms. The zero-order chi connectivity index (χ0) is 16.7. The summed E-state index contributed by atoms with van der Waals surface area (Å²) in [6, 6.07) is 10.5. The van der Waals surface area contributed by atoms with Gasteiger partial charge < -0.3 is 10.1 Å². The normalized spacial score (nSPS) is 25.3. The fourth-order valence-electron chi connectivity index (χ4n) is 2.68. The molecule has 3 nitrogen and oxygen atoms in total. The van der Waals surface area contributed by atoms with Crippen LogP contribution in [0, 0.1) is 11.8 Å². The molecule has 1 fully saturated rings. The lowest BCUT2D eigenvalue weighted by Gasteiger charge is -2.35. The predicted octanol–water partition coefficient (Wildman–Crippen LogP) is 3.82. The van der Waals surface area contributed by atoms with Crippen molar-refractivity contribution in [3.05, 3.63) is 54.1 Å². The predicted molar refractivity (Wildman–Crippen MR) is 94.9 cm³/mol. The number of esters is 1. The molecule has 0 spiro atoms. The van der Waals surface area contributed by atoms with E-state index in [0.717, 1.165) is 13.0 Å². The van der Waals surface area contributed by atoms with Crippen molar-refractivity contribution in [3.63, 3.8) is 0 Å². The van der Waals surface area contributed by atoms with E-state index in [1.807, 2.05) is 38.1 Å². The van der Waals surface area contributed by atoms with Crippen LogP contribution in [0.1, 0.15) is 32.8 Å². The zero-order valence-corrected chi connectivity index (χ0v) is 14.2. The average molecular weight is 313 g/mol. The van der Waals surface area contributed by atoms with Crippen LogP contribution in [-0.2, 0) is 9.53 Å². The number of hydrogen-bond donors (Lipinski definition) is 1. The molecular weight excluding hydrogens is 286 g/mol. The number of benzene rings is 1. The summed E-state index contributed by atoms with van der Waals surface area (Å²) < 4.78 is 5.64. The van der Waals surface area contributed by atoms with Gasteiger partial charge in [-0.2, -0.15) is 0 Å².